The minimum Gasteiger partial charge on any atom is -0.481 e. The first kappa shape index (κ1) is 16.7. The highest BCUT2D eigenvalue weighted by molar-refractivity contribution is 5.68. The molecule has 1 aromatic rings. The second-order valence-corrected chi connectivity index (χ2v) is 5.46. The minimum absolute atomic E-state index is 0.127. The molecule has 1 N–H and O–H groups in total. The van der Waals surface area contributed by atoms with Gasteiger partial charge in [0, 0.05) is 0 Å². The van der Waals surface area contributed by atoms with E-state index in [1.807, 2.05) is 6.92 Å². The summed E-state index contributed by atoms with van der Waals surface area (Å²) in [4.78, 5) is 13.5. The van der Waals surface area contributed by atoms with Gasteiger partial charge in [-0.3, -0.25) is 9.69 Å². The van der Waals surface area contributed by atoms with Gasteiger partial charge in [-0.25, -0.2) is 0 Å². The lowest BCUT2D eigenvalue weighted by molar-refractivity contribution is -0.140. The van der Waals surface area contributed by atoms with Gasteiger partial charge in [-0.05, 0) is 37.6 Å². The highest BCUT2D eigenvalue weighted by Gasteiger charge is 2.34. The second kappa shape index (κ2) is 7.44. The third-order valence-electron chi connectivity index (χ3n) is 4.07. The molecular weight excluding hydrogens is 250 g/mol. The van der Waals surface area contributed by atoms with Crippen LogP contribution < -0.4 is 0 Å². The van der Waals surface area contributed by atoms with Crippen molar-refractivity contribution in [1.82, 2.24) is 4.90 Å². The molecule has 3 nitrogen and oxygen atoms in total. The zero-order valence-electron chi connectivity index (χ0n) is 13.1. The van der Waals surface area contributed by atoms with Crippen molar-refractivity contribution in [2.24, 2.45) is 0 Å². The maximum Gasteiger partial charge on any atom is 0.305 e. The van der Waals surface area contributed by atoms with E-state index in [9.17, 15) is 9.90 Å². The van der Waals surface area contributed by atoms with Crippen molar-refractivity contribution in [3.63, 3.8) is 0 Å². The summed E-state index contributed by atoms with van der Waals surface area (Å²) in [5, 5.41) is 9.26. The van der Waals surface area contributed by atoms with Gasteiger partial charge in [0.2, 0.25) is 0 Å². The van der Waals surface area contributed by atoms with Crippen LogP contribution in [0, 0.1) is 0 Å². The van der Waals surface area contributed by atoms with Crippen molar-refractivity contribution in [1.29, 1.82) is 0 Å². The monoisotopic (exact) mass is 277 g/mol. The van der Waals surface area contributed by atoms with Gasteiger partial charge in [0.15, 0.2) is 0 Å². The van der Waals surface area contributed by atoms with E-state index < -0.39 is 11.5 Å². The molecule has 0 saturated carbocycles. The fourth-order valence-corrected chi connectivity index (χ4v) is 2.93. The Bertz CT molecular complexity index is 423. The molecule has 3 heteroatoms. The van der Waals surface area contributed by atoms with Gasteiger partial charge in [-0.1, -0.05) is 51.5 Å². The molecule has 0 aliphatic rings. The Labute approximate surface area is 122 Å². The molecule has 0 radical (unpaired) electrons. The highest BCUT2D eigenvalue weighted by atomic mass is 16.4. The van der Waals surface area contributed by atoms with Crippen LogP contribution in [-0.2, 0) is 16.8 Å². The van der Waals surface area contributed by atoms with Crippen LogP contribution >= 0.6 is 0 Å². The van der Waals surface area contributed by atoms with Crippen LogP contribution in [0.25, 0.3) is 0 Å². The Balaban J connectivity index is 3.12. The Hall–Kier alpha value is -1.35. The summed E-state index contributed by atoms with van der Waals surface area (Å²) in [6.07, 6.45) is 2.32. The number of carboxylic acids is 1. The van der Waals surface area contributed by atoms with Crippen LogP contribution in [0.15, 0.2) is 24.3 Å². The number of rotatable bonds is 8. The first-order valence-electron chi connectivity index (χ1n) is 7.54. The normalized spacial score (nSPS) is 14.2. The SMILES string of the molecule is CCCc1ccc(C(C)(CC(=O)O)N(CC)CC)cc1. The van der Waals surface area contributed by atoms with Gasteiger partial charge in [0.1, 0.15) is 0 Å². The standard InChI is InChI=1S/C17H27NO2/c1-5-8-14-9-11-15(12-10-14)17(4,13-16(19)20)18(6-2)7-3/h9-12H,5-8,13H2,1-4H3,(H,19,20). The van der Waals surface area contributed by atoms with E-state index >= 15 is 0 Å². The van der Waals surface area contributed by atoms with E-state index in [4.69, 9.17) is 0 Å². The van der Waals surface area contributed by atoms with Gasteiger partial charge in [0.05, 0.1) is 12.0 Å². The quantitative estimate of drug-likeness (QED) is 0.788. The average Bonchev–Trinajstić information content (AvgIpc) is 2.40. The molecule has 0 bridgehead atoms. The number of aryl methyl sites for hydroxylation is 1. The fourth-order valence-electron chi connectivity index (χ4n) is 2.93. The second-order valence-electron chi connectivity index (χ2n) is 5.46. The molecule has 1 rings (SSSR count). The Morgan fingerprint density at radius 1 is 1.15 bits per heavy atom. The summed E-state index contributed by atoms with van der Waals surface area (Å²) >= 11 is 0. The third-order valence-corrected chi connectivity index (χ3v) is 4.07. The van der Waals surface area contributed by atoms with Crippen molar-refractivity contribution < 1.29 is 9.90 Å². The number of hydrogen-bond acceptors (Lipinski definition) is 2. The number of benzene rings is 1. The summed E-state index contributed by atoms with van der Waals surface area (Å²) in [5.74, 6) is -0.753. The molecule has 0 spiro atoms. The van der Waals surface area contributed by atoms with Crippen LogP contribution in [0.2, 0.25) is 0 Å². The van der Waals surface area contributed by atoms with E-state index in [1.165, 1.54) is 5.56 Å². The number of carbonyl (C=O) groups is 1. The Kier molecular flexibility index (Phi) is 6.21. The molecule has 0 heterocycles. The first-order valence-corrected chi connectivity index (χ1v) is 7.54. The molecule has 0 amide bonds. The van der Waals surface area contributed by atoms with Crippen LogP contribution in [0.4, 0.5) is 0 Å². The average molecular weight is 277 g/mol. The van der Waals surface area contributed by atoms with Crippen LogP contribution in [-0.4, -0.2) is 29.1 Å². The molecule has 0 fully saturated rings. The predicted octanol–water partition coefficient (Wildman–Crippen LogP) is 3.67. The number of hydrogen-bond donors (Lipinski definition) is 1. The summed E-state index contributed by atoms with van der Waals surface area (Å²) in [6, 6.07) is 8.43. The van der Waals surface area contributed by atoms with E-state index in [0.29, 0.717) is 0 Å². The molecule has 1 atom stereocenters. The van der Waals surface area contributed by atoms with Crippen LogP contribution in [0.3, 0.4) is 0 Å². The topological polar surface area (TPSA) is 40.5 Å². The third kappa shape index (κ3) is 3.83. The summed E-state index contributed by atoms with van der Waals surface area (Å²) in [6.45, 7) is 10.0. The summed E-state index contributed by atoms with van der Waals surface area (Å²) in [7, 11) is 0. The van der Waals surface area contributed by atoms with Gasteiger partial charge < -0.3 is 5.11 Å². The largest absolute Gasteiger partial charge is 0.481 e. The lowest BCUT2D eigenvalue weighted by atomic mass is 9.86. The Morgan fingerprint density at radius 3 is 2.10 bits per heavy atom. The van der Waals surface area contributed by atoms with Crippen molar-refractivity contribution in [2.45, 2.75) is 52.5 Å². The van der Waals surface area contributed by atoms with Gasteiger partial charge in [-0.2, -0.15) is 0 Å². The van der Waals surface area contributed by atoms with Crippen molar-refractivity contribution in [2.75, 3.05) is 13.1 Å². The van der Waals surface area contributed by atoms with Crippen molar-refractivity contribution in [3.8, 4) is 0 Å². The fraction of sp³-hybridized carbons (Fsp3) is 0.588. The zero-order valence-corrected chi connectivity index (χ0v) is 13.1. The molecule has 20 heavy (non-hydrogen) atoms. The molecule has 0 saturated heterocycles. The lowest BCUT2D eigenvalue weighted by Crippen LogP contribution is -2.45. The van der Waals surface area contributed by atoms with E-state index in [0.717, 1.165) is 31.5 Å². The van der Waals surface area contributed by atoms with E-state index in [1.54, 1.807) is 0 Å². The zero-order chi connectivity index (χ0) is 15.2. The van der Waals surface area contributed by atoms with E-state index in [-0.39, 0.29) is 6.42 Å². The smallest absolute Gasteiger partial charge is 0.305 e. The number of aliphatic carboxylic acids is 1. The molecular formula is C17H27NO2. The molecule has 112 valence electrons. The Morgan fingerprint density at radius 2 is 1.70 bits per heavy atom. The minimum atomic E-state index is -0.753. The van der Waals surface area contributed by atoms with Gasteiger partial charge in [-0.15, -0.1) is 0 Å². The van der Waals surface area contributed by atoms with Crippen molar-refractivity contribution in [3.05, 3.63) is 35.4 Å². The molecule has 1 unspecified atom stereocenters. The van der Waals surface area contributed by atoms with Crippen LogP contribution in [0.1, 0.15) is 51.7 Å². The van der Waals surface area contributed by atoms with E-state index in [2.05, 4.69) is 49.9 Å². The van der Waals surface area contributed by atoms with Crippen LogP contribution in [0.5, 0.6) is 0 Å². The highest BCUT2D eigenvalue weighted by Crippen LogP contribution is 2.32. The number of carboxylic acid groups (broad SMARTS) is 1. The van der Waals surface area contributed by atoms with Gasteiger partial charge in [0.25, 0.3) is 0 Å². The summed E-state index contributed by atoms with van der Waals surface area (Å²) in [5.41, 5.74) is 1.96. The molecule has 0 aliphatic carbocycles. The summed E-state index contributed by atoms with van der Waals surface area (Å²) < 4.78 is 0. The first-order chi connectivity index (χ1) is 9.47. The maximum absolute atomic E-state index is 11.3. The maximum atomic E-state index is 11.3. The molecule has 0 aromatic heterocycles. The molecule has 0 aliphatic heterocycles. The van der Waals surface area contributed by atoms with Crippen molar-refractivity contribution >= 4 is 5.97 Å². The number of nitrogens with zero attached hydrogens (tertiary/aromatic N) is 1. The van der Waals surface area contributed by atoms with Gasteiger partial charge >= 0.3 is 5.97 Å². The lowest BCUT2D eigenvalue weighted by Gasteiger charge is -2.40. The molecule has 1 aromatic carbocycles. The predicted molar refractivity (Wildman–Crippen MR) is 83.0 cm³/mol.